The van der Waals surface area contributed by atoms with Crippen LogP contribution in [0.25, 0.3) is 0 Å². The number of benzene rings is 2. The Morgan fingerprint density at radius 3 is 1.10 bits per heavy atom. The van der Waals surface area contributed by atoms with Crippen LogP contribution in [0.15, 0.2) is 36.4 Å². The predicted molar refractivity (Wildman–Crippen MR) is 73.5 cm³/mol. The van der Waals surface area contributed by atoms with Crippen molar-refractivity contribution in [3.05, 3.63) is 70.8 Å². The van der Waals surface area contributed by atoms with Crippen molar-refractivity contribution < 1.29 is 17.6 Å². The first kappa shape index (κ1) is 18.2. The Bertz CT molecular complexity index is 486. The Balaban J connectivity index is 0.000000321. The summed E-state index contributed by atoms with van der Waals surface area (Å²) in [6, 6.07) is 7.02. The molecular formula is C16H18F4. The van der Waals surface area contributed by atoms with Crippen LogP contribution in [-0.4, -0.2) is 0 Å². The predicted octanol–water partition coefficient (Wildman–Crippen LogP) is 5.57. The van der Waals surface area contributed by atoms with Crippen LogP contribution in [0.1, 0.15) is 25.0 Å². The zero-order valence-corrected chi connectivity index (χ0v) is 12.0. The van der Waals surface area contributed by atoms with Crippen molar-refractivity contribution in [3.63, 3.8) is 0 Å². The minimum atomic E-state index is -0.530. The molecule has 0 aromatic heterocycles. The molecule has 0 aliphatic carbocycles. The van der Waals surface area contributed by atoms with Gasteiger partial charge in [-0.1, -0.05) is 26.0 Å². The molecule has 0 amide bonds. The van der Waals surface area contributed by atoms with Gasteiger partial charge in [0.05, 0.1) is 0 Å². The molecule has 0 bridgehead atoms. The smallest absolute Gasteiger partial charge is 0.129 e. The number of hydrogen-bond acceptors (Lipinski definition) is 0. The summed E-state index contributed by atoms with van der Waals surface area (Å²) in [4.78, 5) is 0. The summed E-state index contributed by atoms with van der Waals surface area (Å²) in [6.45, 7) is 7.18. The molecule has 0 atom stereocenters. The van der Waals surface area contributed by atoms with Gasteiger partial charge in [0.25, 0.3) is 0 Å². The Labute approximate surface area is 117 Å². The topological polar surface area (TPSA) is 0 Å². The van der Waals surface area contributed by atoms with Gasteiger partial charge in [0.15, 0.2) is 0 Å². The van der Waals surface area contributed by atoms with E-state index in [0.29, 0.717) is 11.1 Å². The molecule has 20 heavy (non-hydrogen) atoms. The first-order valence-corrected chi connectivity index (χ1v) is 6.23. The average molecular weight is 286 g/mol. The maximum atomic E-state index is 12.3. The lowest BCUT2D eigenvalue weighted by Crippen LogP contribution is -1.81. The van der Waals surface area contributed by atoms with Crippen LogP contribution in [0.4, 0.5) is 17.6 Å². The van der Waals surface area contributed by atoms with E-state index < -0.39 is 23.3 Å². The van der Waals surface area contributed by atoms with Crippen LogP contribution in [0.5, 0.6) is 0 Å². The molecule has 0 radical (unpaired) electrons. The van der Waals surface area contributed by atoms with E-state index in [9.17, 15) is 17.6 Å². The van der Waals surface area contributed by atoms with Gasteiger partial charge < -0.3 is 0 Å². The molecular weight excluding hydrogens is 268 g/mol. The van der Waals surface area contributed by atoms with Gasteiger partial charge in [-0.3, -0.25) is 0 Å². The van der Waals surface area contributed by atoms with Crippen molar-refractivity contribution in [2.24, 2.45) is 0 Å². The van der Waals surface area contributed by atoms with Gasteiger partial charge in [-0.2, -0.15) is 0 Å². The Morgan fingerprint density at radius 2 is 0.900 bits per heavy atom. The summed E-state index contributed by atoms with van der Waals surface area (Å²) < 4.78 is 48.9. The van der Waals surface area contributed by atoms with Gasteiger partial charge in [-0.15, -0.1) is 0 Å². The highest BCUT2D eigenvalue weighted by Crippen LogP contribution is 2.07. The summed E-state index contributed by atoms with van der Waals surface area (Å²) >= 11 is 0. The second kappa shape index (κ2) is 9.13. The molecule has 0 N–H and O–H groups in total. The number of rotatable bonds is 0. The van der Waals surface area contributed by atoms with E-state index in [2.05, 4.69) is 0 Å². The zero-order valence-electron chi connectivity index (χ0n) is 12.0. The van der Waals surface area contributed by atoms with Crippen LogP contribution >= 0.6 is 0 Å². The third-order valence-electron chi connectivity index (χ3n) is 2.27. The fourth-order valence-electron chi connectivity index (χ4n) is 1.13. The van der Waals surface area contributed by atoms with E-state index in [0.717, 1.165) is 12.1 Å². The first-order valence-electron chi connectivity index (χ1n) is 6.23. The van der Waals surface area contributed by atoms with E-state index in [1.165, 1.54) is 24.3 Å². The fourth-order valence-corrected chi connectivity index (χ4v) is 1.13. The van der Waals surface area contributed by atoms with Gasteiger partial charge in [0.2, 0.25) is 0 Å². The van der Waals surface area contributed by atoms with Crippen molar-refractivity contribution in [1.82, 2.24) is 0 Å². The summed E-state index contributed by atoms with van der Waals surface area (Å²) in [7, 11) is 0. The van der Waals surface area contributed by atoms with Crippen molar-refractivity contribution >= 4 is 0 Å². The molecule has 2 aromatic carbocycles. The van der Waals surface area contributed by atoms with Gasteiger partial charge >= 0.3 is 0 Å². The lowest BCUT2D eigenvalue weighted by molar-refractivity contribution is 0.577. The molecule has 0 nitrogen and oxygen atoms in total. The van der Waals surface area contributed by atoms with E-state index in [1.807, 2.05) is 13.8 Å². The molecule has 0 unspecified atom stereocenters. The van der Waals surface area contributed by atoms with Crippen molar-refractivity contribution in [2.75, 3.05) is 0 Å². The molecule has 0 heterocycles. The van der Waals surface area contributed by atoms with E-state index >= 15 is 0 Å². The highest BCUT2D eigenvalue weighted by molar-refractivity contribution is 5.16. The third-order valence-corrected chi connectivity index (χ3v) is 2.27. The summed E-state index contributed by atoms with van der Waals surface area (Å²) in [6.07, 6.45) is 0. The molecule has 0 saturated carbocycles. The molecule has 2 rings (SSSR count). The maximum Gasteiger partial charge on any atom is 0.129 e. The summed E-state index contributed by atoms with van der Waals surface area (Å²) in [5.41, 5.74) is 0.938. The Morgan fingerprint density at radius 1 is 0.600 bits per heavy atom. The number of halogens is 4. The molecule has 0 fully saturated rings. The molecule has 0 aliphatic rings. The normalized spacial score (nSPS) is 9.00. The van der Waals surface area contributed by atoms with Gasteiger partial charge in [0, 0.05) is 12.1 Å². The summed E-state index contributed by atoms with van der Waals surface area (Å²) in [5.74, 6) is -2.04. The first-order chi connectivity index (χ1) is 9.40. The second-order valence-electron chi connectivity index (χ2n) is 3.79. The maximum absolute atomic E-state index is 12.3. The van der Waals surface area contributed by atoms with Crippen LogP contribution in [0.2, 0.25) is 0 Å². The van der Waals surface area contributed by atoms with Crippen LogP contribution in [-0.2, 0) is 0 Å². The van der Waals surface area contributed by atoms with E-state index in [4.69, 9.17) is 0 Å². The van der Waals surface area contributed by atoms with Gasteiger partial charge in [-0.05, 0) is 37.1 Å². The highest BCUT2D eigenvalue weighted by atomic mass is 19.1. The zero-order chi connectivity index (χ0) is 15.7. The lowest BCUT2D eigenvalue weighted by Gasteiger charge is -1.92. The minimum Gasteiger partial charge on any atom is -0.207 e. The van der Waals surface area contributed by atoms with Crippen LogP contribution < -0.4 is 0 Å². The number of hydrogen-bond donors (Lipinski definition) is 0. The quantitative estimate of drug-likeness (QED) is 0.555. The minimum absolute atomic E-state index is 0.469. The molecule has 2 aromatic rings. The fraction of sp³-hybridized carbons (Fsp3) is 0.250. The van der Waals surface area contributed by atoms with E-state index in [1.54, 1.807) is 13.8 Å². The van der Waals surface area contributed by atoms with Crippen molar-refractivity contribution in [1.29, 1.82) is 0 Å². The standard InChI is InChI=1S/2C7H6F2.C2H6/c2*1-5-2-3-6(8)4-7(5)9;1-2/h2*2-4H,1H3;1-2H3. The lowest BCUT2D eigenvalue weighted by atomic mass is 10.2. The molecule has 110 valence electrons. The highest BCUT2D eigenvalue weighted by Gasteiger charge is 1.96. The van der Waals surface area contributed by atoms with Crippen molar-refractivity contribution in [2.45, 2.75) is 27.7 Å². The van der Waals surface area contributed by atoms with Crippen molar-refractivity contribution in [3.8, 4) is 0 Å². The largest absolute Gasteiger partial charge is 0.207 e. The molecule has 0 aliphatic heterocycles. The molecule has 0 saturated heterocycles. The van der Waals surface area contributed by atoms with Crippen LogP contribution in [0.3, 0.4) is 0 Å². The molecule has 0 spiro atoms. The monoisotopic (exact) mass is 286 g/mol. The van der Waals surface area contributed by atoms with Gasteiger partial charge in [0.1, 0.15) is 23.3 Å². The summed E-state index contributed by atoms with van der Waals surface area (Å²) in [5, 5.41) is 0. The Hall–Kier alpha value is -1.84. The third kappa shape index (κ3) is 6.36. The molecule has 4 heteroatoms. The van der Waals surface area contributed by atoms with E-state index in [-0.39, 0.29) is 0 Å². The average Bonchev–Trinajstić information content (AvgIpc) is 2.42. The second-order valence-corrected chi connectivity index (χ2v) is 3.79. The number of aryl methyl sites for hydroxylation is 2. The SMILES string of the molecule is CC.Cc1ccc(F)cc1F.Cc1ccc(F)cc1F. The van der Waals surface area contributed by atoms with Gasteiger partial charge in [-0.25, -0.2) is 17.6 Å². The van der Waals surface area contributed by atoms with Crippen LogP contribution in [0, 0.1) is 37.1 Å². The Kier molecular flexibility index (Phi) is 8.29.